The Hall–Kier alpha value is -2.12. The molecule has 0 aromatic heterocycles. The minimum atomic E-state index is -0.907. The fraction of sp³-hybridized carbons (Fsp3) is 0.381. The summed E-state index contributed by atoms with van der Waals surface area (Å²) in [6.45, 7) is 1.22. The number of amides is 1. The normalized spacial score (nSPS) is 25.8. The van der Waals surface area contributed by atoms with Crippen LogP contribution in [-0.4, -0.2) is 25.0 Å². The first-order valence-corrected chi connectivity index (χ1v) is 9.35. The summed E-state index contributed by atoms with van der Waals surface area (Å²) < 4.78 is 53.9. The van der Waals surface area contributed by atoms with Gasteiger partial charge in [0.2, 0.25) is 5.91 Å². The topological polar surface area (TPSA) is 41.1 Å². The van der Waals surface area contributed by atoms with Crippen LogP contribution in [-0.2, 0) is 4.79 Å². The molecule has 1 saturated carbocycles. The highest BCUT2D eigenvalue weighted by Crippen LogP contribution is 2.48. The lowest BCUT2D eigenvalue weighted by Crippen LogP contribution is -2.50. The number of carbonyl (C=O) groups is 1. The zero-order chi connectivity index (χ0) is 19.8. The smallest absolute Gasteiger partial charge is 0.224 e. The first-order valence-electron chi connectivity index (χ1n) is 9.35. The highest BCUT2D eigenvalue weighted by atomic mass is 35.5. The Morgan fingerprint density at radius 3 is 2.48 bits per heavy atom. The molecule has 156 valence electrons. The van der Waals surface area contributed by atoms with Gasteiger partial charge in [-0.1, -0.05) is 12.1 Å². The summed E-state index contributed by atoms with van der Waals surface area (Å²) in [6, 6.07) is 6.95. The van der Waals surface area contributed by atoms with Gasteiger partial charge < -0.3 is 10.6 Å². The molecule has 0 radical (unpaired) electrons. The van der Waals surface area contributed by atoms with Crippen molar-refractivity contribution in [2.75, 3.05) is 13.1 Å². The molecule has 8 heteroatoms. The Balaban J connectivity index is 0.00000240. The number of hydrogen-bond donors (Lipinski definition) is 2. The first kappa shape index (κ1) is 21.6. The van der Waals surface area contributed by atoms with Gasteiger partial charge in [0.1, 0.15) is 11.6 Å². The van der Waals surface area contributed by atoms with E-state index < -0.39 is 23.3 Å². The Morgan fingerprint density at radius 1 is 0.966 bits per heavy atom. The lowest BCUT2D eigenvalue weighted by molar-refractivity contribution is -0.123. The molecule has 0 spiro atoms. The lowest BCUT2D eigenvalue weighted by Gasteiger charge is -2.33. The van der Waals surface area contributed by atoms with E-state index in [2.05, 4.69) is 10.6 Å². The van der Waals surface area contributed by atoms with Crippen LogP contribution in [0.1, 0.15) is 35.8 Å². The Bertz CT molecular complexity index is 910. The van der Waals surface area contributed by atoms with Gasteiger partial charge >= 0.3 is 0 Å². The summed E-state index contributed by atoms with van der Waals surface area (Å²) in [5, 5.41) is 6.18. The fourth-order valence-electron chi connectivity index (χ4n) is 4.07. The van der Waals surface area contributed by atoms with Crippen LogP contribution in [0.4, 0.5) is 17.6 Å². The number of piperidine rings is 1. The molecule has 4 atom stereocenters. The summed E-state index contributed by atoms with van der Waals surface area (Å²) >= 11 is 0. The molecule has 2 aromatic carbocycles. The minimum Gasteiger partial charge on any atom is -0.351 e. The van der Waals surface area contributed by atoms with Crippen molar-refractivity contribution >= 4 is 18.3 Å². The van der Waals surface area contributed by atoms with Crippen molar-refractivity contribution in [2.45, 2.75) is 30.7 Å². The second-order valence-corrected chi connectivity index (χ2v) is 7.50. The number of benzene rings is 2. The van der Waals surface area contributed by atoms with Gasteiger partial charge in [0, 0.05) is 30.5 Å². The van der Waals surface area contributed by atoms with Crippen molar-refractivity contribution < 1.29 is 22.4 Å². The van der Waals surface area contributed by atoms with Crippen molar-refractivity contribution in [1.29, 1.82) is 0 Å². The third-order valence-electron chi connectivity index (χ3n) is 5.67. The van der Waals surface area contributed by atoms with Crippen LogP contribution in [0.25, 0.3) is 0 Å². The van der Waals surface area contributed by atoms with E-state index in [1.54, 1.807) is 6.07 Å². The summed E-state index contributed by atoms with van der Waals surface area (Å²) in [4.78, 5) is 12.7. The van der Waals surface area contributed by atoms with Crippen molar-refractivity contribution in [1.82, 2.24) is 10.6 Å². The second kappa shape index (κ2) is 8.71. The molecule has 4 rings (SSSR count). The van der Waals surface area contributed by atoms with Crippen LogP contribution in [0.5, 0.6) is 0 Å². The van der Waals surface area contributed by atoms with Gasteiger partial charge in [0.05, 0.1) is 0 Å². The molecule has 2 N–H and O–H groups in total. The van der Waals surface area contributed by atoms with Crippen molar-refractivity contribution in [3.05, 3.63) is 70.8 Å². The van der Waals surface area contributed by atoms with Crippen molar-refractivity contribution in [3.63, 3.8) is 0 Å². The molecule has 2 aliphatic rings. The molecule has 1 aliphatic carbocycles. The predicted molar refractivity (Wildman–Crippen MR) is 103 cm³/mol. The number of rotatable bonds is 4. The number of carbonyl (C=O) groups excluding carboxylic acids is 1. The molecule has 1 saturated heterocycles. The fourth-order valence-corrected chi connectivity index (χ4v) is 4.07. The highest BCUT2D eigenvalue weighted by Gasteiger charge is 2.46. The van der Waals surface area contributed by atoms with Gasteiger partial charge in [-0.3, -0.25) is 4.79 Å². The Kier molecular flexibility index (Phi) is 6.49. The quantitative estimate of drug-likeness (QED) is 0.722. The average molecular weight is 429 g/mol. The molecule has 29 heavy (non-hydrogen) atoms. The van der Waals surface area contributed by atoms with Crippen LogP contribution in [0.15, 0.2) is 36.4 Å². The zero-order valence-corrected chi connectivity index (χ0v) is 16.2. The first-order chi connectivity index (χ1) is 13.4. The van der Waals surface area contributed by atoms with E-state index in [1.165, 1.54) is 18.2 Å². The molecule has 2 fully saturated rings. The highest BCUT2D eigenvalue weighted by molar-refractivity contribution is 5.85. The molecule has 2 aromatic rings. The van der Waals surface area contributed by atoms with Gasteiger partial charge in [-0.15, -0.1) is 12.4 Å². The predicted octanol–water partition coefficient (Wildman–Crippen LogP) is 4.03. The SMILES string of the molecule is Cl.O=C(NC1CNCCC1c1ccc(F)c(F)c1)C1CC1c1ccc(F)cc1F. The maximum Gasteiger partial charge on any atom is 0.224 e. The van der Waals surface area contributed by atoms with Crippen molar-refractivity contribution in [3.8, 4) is 0 Å². The molecular formula is C21H21ClF4N2O. The van der Waals surface area contributed by atoms with Crippen LogP contribution < -0.4 is 10.6 Å². The summed E-state index contributed by atoms with van der Waals surface area (Å²) in [6.07, 6.45) is 1.18. The third kappa shape index (κ3) is 4.56. The van der Waals surface area contributed by atoms with Crippen molar-refractivity contribution in [2.24, 2.45) is 5.92 Å². The van der Waals surface area contributed by atoms with E-state index in [-0.39, 0.29) is 42.1 Å². The molecule has 0 bridgehead atoms. The molecule has 4 unspecified atom stereocenters. The van der Waals surface area contributed by atoms with E-state index in [1.807, 2.05) is 0 Å². The van der Waals surface area contributed by atoms with E-state index in [0.717, 1.165) is 12.1 Å². The molecule has 3 nitrogen and oxygen atoms in total. The number of hydrogen-bond acceptors (Lipinski definition) is 2. The van der Waals surface area contributed by atoms with Gasteiger partial charge in [-0.2, -0.15) is 0 Å². The molecule has 1 heterocycles. The second-order valence-electron chi connectivity index (χ2n) is 7.50. The Labute approximate surface area is 172 Å². The summed E-state index contributed by atoms with van der Waals surface area (Å²) in [5.41, 5.74) is 0.989. The standard InChI is InChI=1S/C21H20F4N2O.ClH/c22-12-2-3-14(18(24)8-12)15-9-16(15)21(28)27-20-10-26-6-5-13(20)11-1-4-17(23)19(25)7-11;/h1-4,7-8,13,15-16,20,26H,5-6,9-10H2,(H,27,28);1H. The van der Waals surface area contributed by atoms with Gasteiger partial charge in [0.15, 0.2) is 11.6 Å². The molecule has 1 amide bonds. The van der Waals surface area contributed by atoms with Crippen LogP contribution >= 0.6 is 12.4 Å². The maximum absolute atomic E-state index is 13.9. The zero-order valence-electron chi connectivity index (χ0n) is 15.4. The third-order valence-corrected chi connectivity index (χ3v) is 5.67. The van der Waals surface area contributed by atoms with Crippen LogP contribution in [0.2, 0.25) is 0 Å². The summed E-state index contributed by atoms with van der Waals surface area (Å²) in [5.74, 6) is -4.07. The molecule has 1 aliphatic heterocycles. The summed E-state index contributed by atoms with van der Waals surface area (Å²) in [7, 11) is 0. The van der Waals surface area contributed by atoms with E-state index in [0.29, 0.717) is 37.1 Å². The number of nitrogens with one attached hydrogen (secondary N) is 2. The van der Waals surface area contributed by atoms with Gasteiger partial charge in [0.25, 0.3) is 0 Å². The average Bonchev–Trinajstić information content (AvgIpc) is 3.45. The number of halogens is 5. The van der Waals surface area contributed by atoms with Gasteiger partial charge in [-0.25, -0.2) is 17.6 Å². The van der Waals surface area contributed by atoms with Crippen LogP contribution in [0, 0.1) is 29.2 Å². The lowest BCUT2D eigenvalue weighted by atomic mass is 9.86. The minimum absolute atomic E-state index is 0. The maximum atomic E-state index is 13.9. The largest absolute Gasteiger partial charge is 0.351 e. The van der Waals surface area contributed by atoms with E-state index in [9.17, 15) is 22.4 Å². The van der Waals surface area contributed by atoms with E-state index >= 15 is 0 Å². The van der Waals surface area contributed by atoms with Crippen LogP contribution in [0.3, 0.4) is 0 Å². The molecular weight excluding hydrogens is 408 g/mol. The van der Waals surface area contributed by atoms with Gasteiger partial charge in [-0.05, 0) is 54.6 Å². The van der Waals surface area contributed by atoms with E-state index in [4.69, 9.17) is 0 Å². The monoisotopic (exact) mass is 428 g/mol. The Morgan fingerprint density at radius 2 is 1.76 bits per heavy atom.